The van der Waals surface area contributed by atoms with Crippen LogP contribution in [0.25, 0.3) is 0 Å². The van der Waals surface area contributed by atoms with Gasteiger partial charge in [0.25, 0.3) is 0 Å². The number of rotatable bonds is 4. The number of benzene rings is 1. The van der Waals surface area contributed by atoms with E-state index < -0.39 is 16.0 Å². The maximum Gasteiger partial charge on any atom is 0.303 e. The van der Waals surface area contributed by atoms with Crippen LogP contribution in [-0.4, -0.2) is 44.6 Å². The van der Waals surface area contributed by atoms with Gasteiger partial charge in [-0.2, -0.15) is 12.7 Å². The highest BCUT2D eigenvalue weighted by atomic mass is 32.2. The summed E-state index contributed by atoms with van der Waals surface area (Å²) in [5.74, 6) is -0.301. The summed E-state index contributed by atoms with van der Waals surface area (Å²) in [6.07, 6.45) is 1.29. The van der Waals surface area contributed by atoms with Crippen molar-refractivity contribution in [3.8, 4) is 0 Å². The van der Waals surface area contributed by atoms with Crippen LogP contribution in [0.3, 0.4) is 0 Å². The van der Waals surface area contributed by atoms with E-state index in [-0.39, 0.29) is 12.5 Å². The summed E-state index contributed by atoms with van der Waals surface area (Å²) in [6.45, 7) is 0.855. The molecule has 0 aromatic heterocycles. The third kappa shape index (κ3) is 3.11. The zero-order valence-electron chi connectivity index (χ0n) is 11.4. The normalized spacial score (nSPS) is 18.1. The second-order valence-electron chi connectivity index (χ2n) is 4.98. The van der Waals surface area contributed by atoms with Crippen LogP contribution < -0.4 is 4.31 Å². The van der Waals surface area contributed by atoms with Crippen molar-refractivity contribution in [1.29, 1.82) is 0 Å². The summed E-state index contributed by atoms with van der Waals surface area (Å²) in [6, 6.07) is 5.50. The molecule has 1 aliphatic heterocycles. The van der Waals surface area contributed by atoms with E-state index in [0.29, 0.717) is 31.6 Å². The fourth-order valence-corrected chi connectivity index (χ4v) is 3.70. The number of aliphatic hydroxyl groups excluding tert-OH is 1. The lowest BCUT2D eigenvalue weighted by Gasteiger charge is -2.33. The van der Waals surface area contributed by atoms with E-state index in [4.69, 9.17) is 5.11 Å². The van der Waals surface area contributed by atoms with Crippen molar-refractivity contribution in [2.24, 2.45) is 5.92 Å². The minimum Gasteiger partial charge on any atom is -0.396 e. The SMILES string of the molecule is CN(c1cccc(F)c1)S(=O)(=O)N1CCC(CO)CC1. The summed E-state index contributed by atoms with van der Waals surface area (Å²) >= 11 is 0. The van der Waals surface area contributed by atoms with Crippen LogP contribution in [0.15, 0.2) is 24.3 Å². The Morgan fingerprint density at radius 3 is 2.60 bits per heavy atom. The molecule has 7 heteroatoms. The summed E-state index contributed by atoms with van der Waals surface area (Å²) in [4.78, 5) is 0. The van der Waals surface area contributed by atoms with Crippen LogP contribution >= 0.6 is 0 Å². The van der Waals surface area contributed by atoms with Gasteiger partial charge in [-0.25, -0.2) is 4.39 Å². The van der Waals surface area contributed by atoms with Crippen molar-refractivity contribution >= 4 is 15.9 Å². The largest absolute Gasteiger partial charge is 0.396 e. The van der Waals surface area contributed by atoms with Gasteiger partial charge in [-0.3, -0.25) is 4.31 Å². The number of aliphatic hydroxyl groups is 1. The molecular formula is C13H19FN2O3S. The molecule has 1 N–H and O–H groups in total. The fourth-order valence-electron chi connectivity index (χ4n) is 2.30. The van der Waals surface area contributed by atoms with E-state index in [1.807, 2.05) is 0 Å². The lowest BCUT2D eigenvalue weighted by molar-refractivity contribution is 0.170. The molecule has 0 saturated carbocycles. The molecule has 20 heavy (non-hydrogen) atoms. The number of halogens is 1. The maximum atomic E-state index is 13.2. The van der Waals surface area contributed by atoms with Gasteiger partial charge in [0.05, 0.1) is 5.69 Å². The molecular weight excluding hydrogens is 283 g/mol. The Morgan fingerprint density at radius 1 is 1.40 bits per heavy atom. The fraction of sp³-hybridized carbons (Fsp3) is 0.538. The molecule has 0 atom stereocenters. The monoisotopic (exact) mass is 302 g/mol. The molecule has 1 aliphatic rings. The topological polar surface area (TPSA) is 60.9 Å². The lowest BCUT2D eigenvalue weighted by Crippen LogP contribution is -2.46. The molecule has 1 fully saturated rings. The molecule has 0 aliphatic carbocycles. The smallest absolute Gasteiger partial charge is 0.303 e. The molecule has 1 saturated heterocycles. The maximum absolute atomic E-state index is 13.2. The molecule has 1 heterocycles. The second-order valence-corrected chi connectivity index (χ2v) is 6.94. The molecule has 1 aromatic carbocycles. The molecule has 5 nitrogen and oxygen atoms in total. The Kier molecular flexibility index (Phi) is 4.62. The van der Waals surface area contributed by atoms with E-state index in [9.17, 15) is 12.8 Å². The van der Waals surface area contributed by atoms with Crippen molar-refractivity contribution in [2.75, 3.05) is 31.0 Å². The van der Waals surface area contributed by atoms with Gasteiger partial charge in [0.15, 0.2) is 0 Å². The van der Waals surface area contributed by atoms with Crippen molar-refractivity contribution in [1.82, 2.24) is 4.31 Å². The second kappa shape index (κ2) is 6.07. The van der Waals surface area contributed by atoms with Gasteiger partial charge in [-0.15, -0.1) is 0 Å². The van der Waals surface area contributed by atoms with Crippen LogP contribution in [0.1, 0.15) is 12.8 Å². The van der Waals surface area contributed by atoms with Gasteiger partial charge in [0.1, 0.15) is 5.82 Å². The number of nitrogens with zero attached hydrogens (tertiary/aromatic N) is 2. The van der Waals surface area contributed by atoms with Crippen molar-refractivity contribution in [3.63, 3.8) is 0 Å². The first-order valence-corrected chi connectivity index (χ1v) is 7.95. The highest BCUT2D eigenvalue weighted by Crippen LogP contribution is 2.24. The predicted molar refractivity (Wildman–Crippen MR) is 75.1 cm³/mol. The first-order valence-electron chi connectivity index (χ1n) is 6.55. The van der Waals surface area contributed by atoms with Crippen LogP contribution in [0, 0.1) is 11.7 Å². The van der Waals surface area contributed by atoms with Gasteiger partial charge in [0.2, 0.25) is 0 Å². The van der Waals surface area contributed by atoms with Crippen LogP contribution in [0.5, 0.6) is 0 Å². The van der Waals surface area contributed by atoms with E-state index in [0.717, 1.165) is 4.31 Å². The van der Waals surface area contributed by atoms with Crippen LogP contribution in [-0.2, 0) is 10.2 Å². The Balaban J connectivity index is 2.14. The molecule has 112 valence electrons. The molecule has 1 aromatic rings. The highest BCUT2D eigenvalue weighted by molar-refractivity contribution is 7.90. The summed E-state index contributed by atoms with van der Waals surface area (Å²) in [5.41, 5.74) is 0.300. The summed E-state index contributed by atoms with van der Waals surface area (Å²) in [7, 11) is -2.23. The average molecular weight is 302 g/mol. The van der Waals surface area contributed by atoms with Crippen LogP contribution in [0.2, 0.25) is 0 Å². The van der Waals surface area contributed by atoms with Gasteiger partial charge in [-0.1, -0.05) is 6.07 Å². The Hall–Kier alpha value is -1.18. The Labute approximate surface area is 118 Å². The highest BCUT2D eigenvalue weighted by Gasteiger charge is 2.31. The van der Waals surface area contributed by atoms with E-state index in [1.165, 1.54) is 29.6 Å². The van der Waals surface area contributed by atoms with Crippen molar-refractivity contribution in [3.05, 3.63) is 30.1 Å². The van der Waals surface area contributed by atoms with Gasteiger partial charge in [0, 0.05) is 26.7 Å². The molecule has 0 radical (unpaired) electrons. The lowest BCUT2D eigenvalue weighted by atomic mass is 10.00. The first kappa shape index (κ1) is 15.2. The zero-order chi connectivity index (χ0) is 14.8. The van der Waals surface area contributed by atoms with Crippen LogP contribution in [0.4, 0.5) is 10.1 Å². The minimum atomic E-state index is -3.65. The molecule has 0 bridgehead atoms. The molecule has 2 rings (SSSR count). The Morgan fingerprint density at radius 2 is 2.05 bits per heavy atom. The standard InChI is InChI=1S/C13H19FN2O3S/c1-15(13-4-2-3-12(14)9-13)20(18,19)16-7-5-11(10-17)6-8-16/h2-4,9,11,17H,5-8,10H2,1H3. The third-order valence-corrected chi connectivity index (χ3v) is 5.60. The molecule has 0 amide bonds. The van der Waals surface area contributed by atoms with Crippen molar-refractivity contribution < 1.29 is 17.9 Å². The van der Waals surface area contributed by atoms with Gasteiger partial charge < -0.3 is 5.11 Å². The number of hydrogen-bond acceptors (Lipinski definition) is 3. The van der Waals surface area contributed by atoms with Gasteiger partial charge in [-0.05, 0) is 37.0 Å². The van der Waals surface area contributed by atoms with Crippen molar-refractivity contribution in [2.45, 2.75) is 12.8 Å². The van der Waals surface area contributed by atoms with E-state index >= 15 is 0 Å². The molecule has 0 unspecified atom stereocenters. The van der Waals surface area contributed by atoms with E-state index in [2.05, 4.69) is 0 Å². The number of piperidine rings is 1. The van der Waals surface area contributed by atoms with Gasteiger partial charge >= 0.3 is 10.2 Å². The summed E-state index contributed by atoms with van der Waals surface area (Å²) in [5, 5.41) is 9.08. The minimum absolute atomic E-state index is 0.0909. The third-order valence-electron chi connectivity index (χ3n) is 3.68. The predicted octanol–water partition coefficient (Wildman–Crippen LogP) is 1.21. The molecule has 0 spiro atoms. The Bertz CT molecular complexity index is 556. The first-order chi connectivity index (χ1) is 9.45. The number of hydrogen-bond donors (Lipinski definition) is 1. The number of anilines is 1. The summed E-state index contributed by atoms with van der Waals surface area (Å²) < 4.78 is 40.6. The quantitative estimate of drug-likeness (QED) is 0.909. The average Bonchev–Trinajstić information content (AvgIpc) is 2.46. The van der Waals surface area contributed by atoms with E-state index in [1.54, 1.807) is 6.07 Å². The zero-order valence-corrected chi connectivity index (χ0v) is 12.2.